The fraction of sp³-hybridized carbons (Fsp3) is 0.444. The van der Waals surface area contributed by atoms with Crippen LogP contribution in [0.4, 0.5) is 4.79 Å². The third-order valence-corrected chi connectivity index (χ3v) is 2.70. The van der Waals surface area contributed by atoms with Crippen LogP contribution >= 0.6 is 27.5 Å². The Hall–Kier alpha value is -0.520. The minimum absolute atomic E-state index is 0.334. The third kappa shape index (κ3) is 3.85. The van der Waals surface area contributed by atoms with Crippen LogP contribution in [0.2, 0.25) is 0 Å². The van der Waals surface area contributed by atoms with Gasteiger partial charge in [-0.05, 0) is 6.08 Å². The molecule has 1 N–H and O–H groups in total. The van der Waals surface area contributed by atoms with E-state index in [0.29, 0.717) is 6.42 Å². The Morgan fingerprint density at radius 1 is 1.80 bits per heavy atom. The lowest BCUT2D eigenvalue weighted by atomic mass is 10.1. The van der Waals surface area contributed by atoms with Crippen molar-refractivity contribution in [1.82, 2.24) is 10.4 Å². The highest BCUT2D eigenvalue weighted by molar-refractivity contribution is 9.10. The molecule has 0 bridgehead atoms. The number of hydrogen-bond donors (Lipinski definition) is 1. The first-order chi connectivity index (χ1) is 6.94. The lowest BCUT2D eigenvalue weighted by Gasteiger charge is -2.23. The van der Waals surface area contributed by atoms with Crippen LogP contribution < -0.4 is 5.32 Å². The highest BCUT2D eigenvalue weighted by atomic mass is 79.9. The topological polar surface area (TPSA) is 41.6 Å². The zero-order valence-electron chi connectivity index (χ0n) is 8.46. The van der Waals surface area contributed by atoms with Crippen LogP contribution in [0.15, 0.2) is 23.9 Å². The second-order valence-corrected chi connectivity index (χ2v) is 5.65. The molecule has 4 nitrogen and oxygen atoms in total. The normalized spacial score (nSPS) is 24.7. The molecule has 0 radical (unpaired) electrons. The molecule has 1 aliphatic carbocycles. The van der Waals surface area contributed by atoms with Gasteiger partial charge in [-0.3, -0.25) is 4.84 Å². The molecule has 1 rings (SSSR count). The van der Waals surface area contributed by atoms with Gasteiger partial charge in [0.15, 0.2) is 0 Å². The van der Waals surface area contributed by atoms with E-state index >= 15 is 0 Å². The molecule has 2 amide bonds. The second kappa shape index (κ2) is 5.01. The van der Waals surface area contributed by atoms with Crippen molar-refractivity contribution in [2.24, 2.45) is 0 Å². The molecule has 0 saturated heterocycles. The molecule has 6 heteroatoms. The van der Waals surface area contributed by atoms with Gasteiger partial charge in [0.25, 0.3) is 0 Å². The van der Waals surface area contributed by atoms with Crippen LogP contribution in [0.25, 0.3) is 0 Å². The van der Waals surface area contributed by atoms with E-state index in [9.17, 15) is 4.79 Å². The maximum absolute atomic E-state index is 11.4. The van der Waals surface area contributed by atoms with Gasteiger partial charge in [0.1, 0.15) is 3.78 Å². The number of carbonyl (C=O) groups is 1. The van der Waals surface area contributed by atoms with E-state index in [1.807, 2.05) is 6.08 Å². The Morgan fingerprint density at radius 2 is 2.47 bits per heavy atom. The molecular formula is C9H12BrClN2O2. The number of amides is 2. The number of hydrogen-bond acceptors (Lipinski definition) is 2. The molecule has 0 aromatic heterocycles. The molecule has 1 atom stereocenters. The van der Waals surface area contributed by atoms with Gasteiger partial charge in [-0.1, -0.05) is 28.1 Å². The van der Waals surface area contributed by atoms with Crippen molar-refractivity contribution in [2.75, 3.05) is 14.2 Å². The lowest BCUT2D eigenvalue weighted by molar-refractivity contribution is -0.0640. The summed E-state index contributed by atoms with van der Waals surface area (Å²) < 4.78 is -0.615. The Kier molecular flexibility index (Phi) is 4.19. The zero-order valence-corrected chi connectivity index (χ0v) is 10.8. The van der Waals surface area contributed by atoms with Gasteiger partial charge < -0.3 is 5.32 Å². The van der Waals surface area contributed by atoms with Crippen molar-refractivity contribution < 1.29 is 9.63 Å². The molecule has 0 aromatic rings. The first-order valence-electron chi connectivity index (χ1n) is 4.29. The number of alkyl halides is 2. The van der Waals surface area contributed by atoms with Crippen molar-refractivity contribution in [2.45, 2.75) is 10.2 Å². The van der Waals surface area contributed by atoms with Crippen LogP contribution in [0.3, 0.4) is 0 Å². The fourth-order valence-electron chi connectivity index (χ4n) is 1.06. The van der Waals surface area contributed by atoms with Crippen molar-refractivity contribution in [3.63, 3.8) is 0 Å². The van der Waals surface area contributed by atoms with E-state index in [1.165, 1.54) is 14.2 Å². The van der Waals surface area contributed by atoms with E-state index in [1.54, 1.807) is 12.2 Å². The van der Waals surface area contributed by atoms with Crippen molar-refractivity contribution in [3.05, 3.63) is 23.9 Å². The maximum Gasteiger partial charge on any atom is 0.345 e. The standard InChI is InChI=1S/C9H12BrClN2O2/c1-13(15-2)8(14)12-7-4-3-5-9(10,11)6-7/h3-5H,6H2,1-2H3,(H,12,14). The molecule has 0 saturated carbocycles. The summed E-state index contributed by atoms with van der Waals surface area (Å²) >= 11 is 9.38. The average molecular weight is 296 g/mol. The predicted molar refractivity (Wildman–Crippen MR) is 62.7 cm³/mol. The number of rotatable bonds is 2. The molecule has 1 aliphatic rings. The monoisotopic (exact) mass is 294 g/mol. The van der Waals surface area contributed by atoms with E-state index in [-0.39, 0.29) is 6.03 Å². The maximum atomic E-state index is 11.4. The highest BCUT2D eigenvalue weighted by Gasteiger charge is 2.24. The molecule has 15 heavy (non-hydrogen) atoms. The summed E-state index contributed by atoms with van der Waals surface area (Å²) in [6, 6.07) is -0.334. The van der Waals surface area contributed by atoms with Gasteiger partial charge >= 0.3 is 6.03 Å². The smallest absolute Gasteiger partial charge is 0.310 e. The van der Waals surface area contributed by atoms with Crippen LogP contribution in [0.1, 0.15) is 6.42 Å². The highest BCUT2D eigenvalue weighted by Crippen LogP contribution is 2.34. The Labute approximate surface area is 102 Å². The van der Waals surface area contributed by atoms with Crippen LogP contribution in [-0.4, -0.2) is 29.0 Å². The molecule has 0 spiro atoms. The summed E-state index contributed by atoms with van der Waals surface area (Å²) in [6.07, 6.45) is 5.90. The third-order valence-electron chi connectivity index (χ3n) is 1.89. The van der Waals surface area contributed by atoms with E-state index < -0.39 is 3.78 Å². The summed E-state index contributed by atoms with van der Waals surface area (Å²) in [5.41, 5.74) is 0.735. The largest absolute Gasteiger partial charge is 0.345 e. The minimum atomic E-state index is -0.615. The molecule has 84 valence electrons. The van der Waals surface area contributed by atoms with Crippen LogP contribution in [0.5, 0.6) is 0 Å². The Balaban J connectivity index is 2.57. The number of allylic oxidation sites excluding steroid dienone is 4. The van der Waals surface area contributed by atoms with E-state index in [2.05, 4.69) is 21.2 Å². The number of nitrogens with one attached hydrogen (secondary N) is 1. The summed E-state index contributed by atoms with van der Waals surface area (Å²) in [7, 11) is 2.95. The SMILES string of the molecule is CON(C)C(=O)NC1=CC=CC(Cl)(Br)C1. The van der Waals surface area contributed by atoms with Crippen LogP contribution in [0, 0.1) is 0 Å². The molecule has 0 aromatic carbocycles. The van der Waals surface area contributed by atoms with Crippen molar-refractivity contribution in [1.29, 1.82) is 0 Å². The predicted octanol–water partition coefficient (Wildman–Crippen LogP) is 2.36. The quantitative estimate of drug-likeness (QED) is 0.628. The summed E-state index contributed by atoms with van der Waals surface area (Å²) in [5, 5.41) is 3.78. The average Bonchev–Trinajstić information content (AvgIpc) is 2.14. The summed E-state index contributed by atoms with van der Waals surface area (Å²) in [4.78, 5) is 16.2. The Morgan fingerprint density at radius 3 is 3.00 bits per heavy atom. The van der Waals surface area contributed by atoms with Gasteiger partial charge in [-0.25, -0.2) is 9.86 Å². The molecule has 1 unspecified atom stereocenters. The lowest BCUT2D eigenvalue weighted by Crippen LogP contribution is -2.37. The number of hydroxylamine groups is 2. The molecule has 0 fully saturated rings. The fourth-order valence-corrected chi connectivity index (χ4v) is 1.73. The van der Waals surface area contributed by atoms with E-state index in [4.69, 9.17) is 16.4 Å². The summed E-state index contributed by atoms with van der Waals surface area (Å²) in [6.45, 7) is 0. The first-order valence-corrected chi connectivity index (χ1v) is 5.47. The molecule has 0 aliphatic heterocycles. The number of carbonyl (C=O) groups excluding carboxylic acids is 1. The second-order valence-electron chi connectivity index (χ2n) is 3.10. The number of urea groups is 1. The first kappa shape index (κ1) is 12.5. The van der Waals surface area contributed by atoms with Gasteiger partial charge in [-0.15, -0.1) is 11.6 Å². The van der Waals surface area contributed by atoms with Gasteiger partial charge in [0.05, 0.1) is 7.11 Å². The van der Waals surface area contributed by atoms with E-state index in [0.717, 1.165) is 10.8 Å². The molecule has 0 heterocycles. The van der Waals surface area contributed by atoms with Gasteiger partial charge in [-0.2, -0.15) is 0 Å². The minimum Gasteiger partial charge on any atom is -0.310 e. The van der Waals surface area contributed by atoms with Crippen molar-refractivity contribution >= 4 is 33.6 Å². The Bertz CT molecular complexity index is 315. The number of nitrogens with zero attached hydrogens (tertiary/aromatic N) is 1. The van der Waals surface area contributed by atoms with Crippen molar-refractivity contribution in [3.8, 4) is 0 Å². The van der Waals surface area contributed by atoms with Crippen LogP contribution in [-0.2, 0) is 4.84 Å². The molecular weight excluding hydrogens is 283 g/mol. The van der Waals surface area contributed by atoms with Gasteiger partial charge in [0, 0.05) is 19.2 Å². The van der Waals surface area contributed by atoms with Gasteiger partial charge in [0.2, 0.25) is 0 Å². The number of halogens is 2. The zero-order chi connectivity index (χ0) is 11.5. The summed E-state index contributed by atoms with van der Waals surface area (Å²) in [5.74, 6) is 0.